The molecule has 0 N–H and O–H groups in total. The topological polar surface area (TPSA) is 9.23 Å². The maximum absolute atomic E-state index is 13.2. The zero-order valence-corrected chi connectivity index (χ0v) is 11.2. The van der Waals surface area contributed by atoms with Gasteiger partial charge in [-0.25, -0.2) is 4.39 Å². The van der Waals surface area contributed by atoms with Crippen molar-refractivity contribution >= 4 is 58.0 Å². The second-order valence-corrected chi connectivity index (χ2v) is 5.66. The van der Waals surface area contributed by atoms with E-state index in [1.165, 1.54) is 0 Å². The van der Waals surface area contributed by atoms with Crippen LogP contribution in [0.15, 0.2) is 0 Å². The van der Waals surface area contributed by atoms with E-state index in [1.807, 2.05) is 0 Å². The first-order valence-corrected chi connectivity index (χ1v) is 5.32. The molecule has 0 rings (SSSR count). The van der Waals surface area contributed by atoms with E-state index < -0.39 is 26.5 Å². The average Bonchev–Trinajstić information content (AvgIpc) is 1.95. The van der Waals surface area contributed by atoms with Crippen molar-refractivity contribution in [3.05, 3.63) is 0 Å². The Kier molecular flexibility index (Phi) is 5.29. The van der Waals surface area contributed by atoms with E-state index >= 15 is 0 Å². The smallest absolute Gasteiger partial charge is 0.279 e. The highest BCUT2D eigenvalue weighted by Gasteiger charge is 2.75. The van der Waals surface area contributed by atoms with E-state index in [9.17, 15) is 30.7 Å². The first-order valence-electron chi connectivity index (χ1n) is 3.43. The van der Waals surface area contributed by atoms with Crippen LogP contribution in [0.4, 0.5) is 30.7 Å². The van der Waals surface area contributed by atoms with Crippen LogP contribution in [0.5, 0.6) is 0 Å². The van der Waals surface area contributed by atoms with Crippen molar-refractivity contribution in [3.63, 3.8) is 0 Å². The van der Waals surface area contributed by atoms with Crippen molar-refractivity contribution in [2.75, 3.05) is 0 Å². The lowest BCUT2D eigenvalue weighted by atomic mass is 10.3. The Morgan fingerprint density at radius 3 is 1.11 bits per heavy atom. The maximum atomic E-state index is 13.2. The fourth-order valence-electron chi connectivity index (χ4n) is 0.511. The molecule has 0 spiro atoms. The molecule has 0 saturated heterocycles. The minimum Gasteiger partial charge on any atom is -0.279 e. The van der Waals surface area contributed by atoms with E-state index in [0.717, 1.165) is 0 Å². The highest BCUT2D eigenvalue weighted by molar-refractivity contribution is 6.51. The third-order valence-corrected chi connectivity index (χ3v) is 2.83. The van der Waals surface area contributed by atoms with Crippen molar-refractivity contribution in [2.24, 2.45) is 0 Å². The van der Waals surface area contributed by atoms with Crippen molar-refractivity contribution in [1.29, 1.82) is 0 Å². The molecule has 1 nitrogen and oxygen atoms in total. The van der Waals surface area contributed by atoms with Gasteiger partial charge in [0.15, 0.2) is 0 Å². The molecule has 2 unspecified atom stereocenters. The first kappa shape index (κ1) is 18.9. The van der Waals surface area contributed by atoms with Gasteiger partial charge < -0.3 is 0 Å². The van der Waals surface area contributed by atoms with E-state index in [4.69, 9.17) is 0 Å². The van der Waals surface area contributed by atoms with E-state index in [0.29, 0.717) is 0 Å². The molecule has 0 aliphatic heterocycles. The van der Waals surface area contributed by atoms with Gasteiger partial charge in [0, 0.05) is 0 Å². The highest BCUT2D eigenvalue weighted by atomic mass is 35.5. The summed E-state index contributed by atoms with van der Waals surface area (Å²) < 4.78 is 81.7. The van der Waals surface area contributed by atoms with Crippen LogP contribution in [0, 0.1) is 0 Å². The highest BCUT2D eigenvalue weighted by Crippen LogP contribution is 2.55. The number of alkyl halides is 12. The van der Waals surface area contributed by atoms with Crippen molar-refractivity contribution in [2.45, 2.75) is 26.5 Å². The molecule has 0 amide bonds. The lowest BCUT2D eigenvalue weighted by Gasteiger charge is -2.36. The Balaban J connectivity index is 5.58. The summed E-state index contributed by atoms with van der Waals surface area (Å²) in [5, 5.41) is -4.83. The predicted molar refractivity (Wildman–Crippen MR) is 51.8 cm³/mol. The fraction of sp³-hybridized carbons (Fsp3) is 1.00. The molecule has 18 heavy (non-hydrogen) atoms. The van der Waals surface area contributed by atoms with E-state index in [-0.39, 0.29) is 0 Å². The molecule has 0 saturated carbocycles. The van der Waals surface area contributed by atoms with Crippen LogP contribution in [0.1, 0.15) is 0 Å². The number of ether oxygens (including phenoxy) is 1. The number of halogens is 12. The van der Waals surface area contributed by atoms with Gasteiger partial charge in [0.25, 0.3) is 0 Å². The first-order chi connectivity index (χ1) is 7.46. The number of hydrogen-bond acceptors (Lipinski definition) is 1. The monoisotopic (exact) mass is 384 g/mol. The molecule has 0 aliphatic carbocycles. The van der Waals surface area contributed by atoms with Crippen LogP contribution < -0.4 is 0 Å². The summed E-state index contributed by atoms with van der Waals surface area (Å²) in [4.78, 5) is 0. The molecule has 0 radical (unpaired) electrons. The van der Waals surface area contributed by atoms with Gasteiger partial charge in [0.05, 0.1) is 0 Å². The van der Waals surface area contributed by atoms with Crippen LogP contribution in [0.2, 0.25) is 0 Å². The second-order valence-electron chi connectivity index (χ2n) is 2.71. The number of rotatable bonds is 4. The van der Waals surface area contributed by atoms with Gasteiger partial charge in [-0.2, -0.15) is 26.3 Å². The SMILES string of the molecule is FC(F)(F)C(F)(OC(F)(Cl)C(F)(Cl)Cl)C(F)(Cl)Cl. The standard InChI is InChI=1S/C5Cl5F7O/c6-2(7,12)1(11,5(15,16)17)18-4(10,14)3(8,9)13. The molecular weight excluding hydrogens is 386 g/mol. The van der Waals surface area contributed by atoms with Gasteiger partial charge in [-0.3, -0.25) is 4.74 Å². The summed E-state index contributed by atoms with van der Waals surface area (Å²) in [5.74, 6) is -5.74. The Bertz CT molecular complexity index is 291. The molecule has 0 aliphatic rings. The van der Waals surface area contributed by atoms with Crippen LogP contribution in [0.25, 0.3) is 0 Å². The minimum atomic E-state index is -6.32. The van der Waals surface area contributed by atoms with Gasteiger partial charge >= 0.3 is 26.5 Å². The quantitative estimate of drug-likeness (QED) is 0.471. The summed E-state index contributed by atoms with van der Waals surface area (Å²) >= 11 is 21.5. The third kappa shape index (κ3) is 3.73. The summed E-state index contributed by atoms with van der Waals surface area (Å²) in [6, 6.07) is 0. The summed E-state index contributed by atoms with van der Waals surface area (Å²) in [6.45, 7) is 0. The van der Waals surface area contributed by atoms with E-state index in [1.54, 1.807) is 0 Å². The second kappa shape index (κ2) is 5.04. The zero-order chi connectivity index (χ0) is 15.2. The van der Waals surface area contributed by atoms with Gasteiger partial charge in [0.2, 0.25) is 0 Å². The molecule has 0 heterocycles. The largest absolute Gasteiger partial charge is 0.454 e. The number of hydrogen-bond donors (Lipinski definition) is 0. The molecule has 0 aromatic carbocycles. The van der Waals surface area contributed by atoms with Crippen LogP contribution in [-0.4, -0.2) is 26.5 Å². The van der Waals surface area contributed by atoms with Crippen molar-refractivity contribution in [1.82, 2.24) is 0 Å². The third-order valence-electron chi connectivity index (χ3n) is 1.33. The lowest BCUT2D eigenvalue weighted by molar-refractivity contribution is -0.387. The van der Waals surface area contributed by atoms with Gasteiger partial charge in [-0.1, -0.05) is 46.4 Å². The Morgan fingerprint density at radius 2 is 0.944 bits per heavy atom. The van der Waals surface area contributed by atoms with Crippen LogP contribution >= 0.6 is 58.0 Å². The normalized spacial score (nSPS) is 21.3. The molecule has 2 atom stereocenters. The van der Waals surface area contributed by atoms with Crippen LogP contribution in [0.3, 0.4) is 0 Å². The van der Waals surface area contributed by atoms with E-state index in [2.05, 4.69) is 62.7 Å². The Morgan fingerprint density at radius 1 is 0.611 bits per heavy atom. The summed E-state index contributed by atoms with van der Waals surface area (Å²) in [5.41, 5.74) is 0. The van der Waals surface area contributed by atoms with Gasteiger partial charge in [0.1, 0.15) is 0 Å². The molecule has 0 aromatic heterocycles. The molecule has 13 heteroatoms. The van der Waals surface area contributed by atoms with Gasteiger partial charge in [-0.05, 0) is 11.6 Å². The fourth-order valence-corrected chi connectivity index (χ4v) is 0.986. The molecule has 0 fully saturated rings. The average molecular weight is 386 g/mol. The van der Waals surface area contributed by atoms with Gasteiger partial charge in [-0.15, -0.1) is 0 Å². The molecular formula is C5Cl5F7O. The Labute approximate surface area is 120 Å². The van der Waals surface area contributed by atoms with Crippen molar-refractivity contribution in [3.8, 4) is 0 Å². The Hall–Kier alpha value is 0.920. The molecule has 0 aromatic rings. The predicted octanol–water partition coefficient (Wildman–Crippen LogP) is 5.29. The lowest BCUT2D eigenvalue weighted by Crippen LogP contribution is -2.59. The maximum Gasteiger partial charge on any atom is 0.454 e. The molecule has 110 valence electrons. The zero-order valence-electron chi connectivity index (χ0n) is 7.44. The minimum absolute atomic E-state index is 2.75. The summed E-state index contributed by atoms with van der Waals surface area (Å²) in [6.07, 6.45) is -6.32. The summed E-state index contributed by atoms with van der Waals surface area (Å²) in [7, 11) is 0. The molecule has 0 bridgehead atoms. The van der Waals surface area contributed by atoms with Crippen molar-refractivity contribution < 1.29 is 35.5 Å². The van der Waals surface area contributed by atoms with Crippen LogP contribution in [-0.2, 0) is 4.74 Å².